The highest BCUT2D eigenvalue weighted by Gasteiger charge is 2.25. The van der Waals surface area contributed by atoms with E-state index < -0.39 is 16.0 Å². The molecule has 0 aliphatic rings. The molecule has 6 heteroatoms. The van der Waals surface area contributed by atoms with E-state index in [-0.39, 0.29) is 23.3 Å². The Kier molecular flexibility index (Phi) is 5.53. The van der Waals surface area contributed by atoms with Crippen molar-refractivity contribution in [1.82, 2.24) is 4.31 Å². The van der Waals surface area contributed by atoms with E-state index in [2.05, 4.69) is 0 Å². The highest BCUT2D eigenvalue weighted by Crippen LogP contribution is 2.18. The molecule has 1 N–H and O–H groups in total. The van der Waals surface area contributed by atoms with E-state index >= 15 is 0 Å². The smallest absolute Gasteiger partial charge is 0.335 e. The van der Waals surface area contributed by atoms with Gasteiger partial charge >= 0.3 is 5.97 Å². The van der Waals surface area contributed by atoms with E-state index in [9.17, 15) is 13.2 Å². The van der Waals surface area contributed by atoms with E-state index in [0.29, 0.717) is 12.0 Å². The summed E-state index contributed by atoms with van der Waals surface area (Å²) < 4.78 is 25.7. The van der Waals surface area contributed by atoms with Crippen LogP contribution in [0.1, 0.15) is 36.7 Å². The molecule has 0 fully saturated rings. The molecule has 0 aromatic heterocycles. The highest BCUT2D eigenvalue weighted by molar-refractivity contribution is 7.89. The van der Waals surface area contributed by atoms with E-state index in [4.69, 9.17) is 5.11 Å². The molecule has 0 bridgehead atoms. The topological polar surface area (TPSA) is 74.7 Å². The molecule has 0 spiro atoms. The zero-order chi connectivity index (χ0) is 16.3. The molecule has 0 atom stereocenters. The lowest BCUT2D eigenvalue weighted by Crippen LogP contribution is -2.35. The lowest BCUT2D eigenvalue weighted by molar-refractivity contribution is 0.0695. The molecule has 0 saturated carbocycles. The second kappa shape index (κ2) is 6.58. The van der Waals surface area contributed by atoms with Gasteiger partial charge in [-0.3, -0.25) is 0 Å². The number of benzene rings is 1. The van der Waals surface area contributed by atoms with Gasteiger partial charge in [-0.2, -0.15) is 0 Å². The standard InChI is InChI=1S/C15H23NO4S/c1-15(2,3)11-21(19,20)16(4)10-9-12-7-5-6-8-13(12)14(17)18/h5-8H,9-11H2,1-4H3,(H,17,18). The van der Waals surface area contributed by atoms with Gasteiger partial charge in [-0.25, -0.2) is 17.5 Å². The van der Waals surface area contributed by atoms with E-state index in [0.717, 1.165) is 0 Å². The van der Waals surface area contributed by atoms with Crippen LogP contribution in [-0.4, -0.2) is 43.1 Å². The van der Waals surface area contributed by atoms with Crippen molar-refractivity contribution in [3.8, 4) is 0 Å². The Labute approximate surface area is 126 Å². The van der Waals surface area contributed by atoms with Gasteiger partial charge in [0.25, 0.3) is 0 Å². The maximum Gasteiger partial charge on any atom is 0.335 e. The van der Waals surface area contributed by atoms with Crippen LogP contribution in [0.3, 0.4) is 0 Å². The van der Waals surface area contributed by atoms with Crippen molar-refractivity contribution in [2.24, 2.45) is 5.41 Å². The Morgan fingerprint density at radius 1 is 1.24 bits per heavy atom. The summed E-state index contributed by atoms with van der Waals surface area (Å²) in [6.45, 7) is 5.89. The van der Waals surface area contributed by atoms with Crippen LogP contribution in [0.2, 0.25) is 0 Å². The summed E-state index contributed by atoms with van der Waals surface area (Å²) in [4.78, 5) is 11.1. The van der Waals surface area contributed by atoms with Crippen molar-refractivity contribution >= 4 is 16.0 Å². The highest BCUT2D eigenvalue weighted by atomic mass is 32.2. The number of nitrogens with zero attached hydrogens (tertiary/aromatic N) is 1. The first-order valence-corrected chi connectivity index (χ1v) is 8.39. The first kappa shape index (κ1) is 17.7. The second-order valence-corrected chi connectivity index (χ2v) is 8.43. The molecule has 21 heavy (non-hydrogen) atoms. The third-order valence-corrected chi connectivity index (χ3v) is 5.40. The van der Waals surface area contributed by atoms with Gasteiger partial charge in [0.05, 0.1) is 11.3 Å². The SMILES string of the molecule is CN(CCc1ccccc1C(=O)O)S(=O)(=O)CC(C)(C)C. The number of sulfonamides is 1. The zero-order valence-corrected chi connectivity index (χ0v) is 13.8. The number of carbonyl (C=O) groups is 1. The van der Waals surface area contributed by atoms with Gasteiger partial charge in [-0.15, -0.1) is 0 Å². The van der Waals surface area contributed by atoms with Gasteiger partial charge in [0.1, 0.15) is 0 Å². The Balaban J connectivity index is 2.78. The Morgan fingerprint density at radius 3 is 2.33 bits per heavy atom. The Bertz CT molecular complexity index is 602. The lowest BCUT2D eigenvalue weighted by atomic mass is 10.0. The second-order valence-electron chi connectivity index (χ2n) is 6.35. The predicted octanol–water partition coefficient (Wildman–Crippen LogP) is 2.24. The molecule has 0 amide bonds. The Hall–Kier alpha value is -1.40. The normalized spacial score (nSPS) is 12.6. The van der Waals surface area contributed by atoms with Gasteiger partial charge in [0.15, 0.2) is 0 Å². The predicted molar refractivity (Wildman–Crippen MR) is 83.0 cm³/mol. The molecule has 0 radical (unpaired) electrons. The number of hydrogen-bond donors (Lipinski definition) is 1. The largest absolute Gasteiger partial charge is 0.478 e. The monoisotopic (exact) mass is 313 g/mol. The van der Waals surface area contributed by atoms with Crippen molar-refractivity contribution in [2.75, 3.05) is 19.3 Å². The lowest BCUT2D eigenvalue weighted by Gasteiger charge is -2.23. The van der Waals surface area contributed by atoms with Crippen LogP contribution in [0.5, 0.6) is 0 Å². The number of rotatable bonds is 6. The van der Waals surface area contributed by atoms with Crippen LogP contribution in [0.4, 0.5) is 0 Å². The summed E-state index contributed by atoms with van der Waals surface area (Å²) in [5.74, 6) is -0.928. The van der Waals surface area contributed by atoms with Gasteiger partial charge < -0.3 is 5.11 Å². The molecule has 118 valence electrons. The van der Waals surface area contributed by atoms with Crippen LogP contribution in [0.15, 0.2) is 24.3 Å². The average molecular weight is 313 g/mol. The van der Waals surface area contributed by atoms with Gasteiger partial charge in [0.2, 0.25) is 10.0 Å². The molecule has 1 rings (SSSR count). The number of carboxylic acids is 1. The molecule has 0 unspecified atom stereocenters. The summed E-state index contributed by atoms with van der Waals surface area (Å²) in [7, 11) is -1.80. The minimum Gasteiger partial charge on any atom is -0.478 e. The van der Waals surface area contributed by atoms with Crippen LogP contribution in [-0.2, 0) is 16.4 Å². The summed E-state index contributed by atoms with van der Waals surface area (Å²) in [5, 5.41) is 9.11. The first-order valence-electron chi connectivity index (χ1n) is 6.78. The number of likely N-dealkylation sites (N-methyl/N-ethyl adjacent to an activating group) is 1. The maximum atomic E-state index is 12.2. The molecule has 0 heterocycles. The van der Waals surface area contributed by atoms with Gasteiger partial charge in [0, 0.05) is 13.6 Å². The van der Waals surface area contributed by atoms with Gasteiger partial charge in [-0.05, 0) is 23.5 Å². The quantitative estimate of drug-likeness (QED) is 0.874. The van der Waals surface area contributed by atoms with Crippen LogP contribution in [0, 0.1) is 5.41 Å². The number of carboxylic acid groups (broad SMARTS) is 1. The third kappa shape index (κ3) is 5.47. The van der Waals surface area contributed by atoms with Gasteiger partial charge in [-0.1, -0.05) is 39.0 Å². The van der Waals surface area contributed by atoms with Crippen LogP contribution >= 0.6 is 0 Å². The van der Waals surface area contributed by atoms with Crippen LogP contribution in [0.25, 0.3) is 0 Å². The summed E-state index contributed by atoms with van der Waals surface area (Å²) in [6.07, 6.45) is 0.377. The molecular weight excluding hydrogens is 290 g/mol. The average Bonchev–Trinajstić information content (AvgIpc) is 2.33. The van der Waals surface area contributed by atoms with Crippen molar-refractivity contribution in [3.63, 3.8) is 0 Å². The van der Waals surface area contributed by atoms with E-state index in [1.165, 1.54) is 17.4 Å². The Morgan fingerprint density at radius 2 is 1.81 bits per heavy atom. The molecule has 0 saturated heterocycles. The van der Waals surface area contributed by atoms with Crippen molar-refractivity contribution < 1.29 is 18.3 Å². The van der Waals surface area contributed by atoms with Crippen molar-refractivity contribution in [3.05, 3.63) is 35.4 Å². The molecule has 0 aliphatic heterocycles. The fourth-order valence-electron chi connectivity index (χ4n) is 2.02. The van der Waals surface area contributed by atoms with Crippen molar-refractivity contribution in [1.29, 1.82) is 0 Å². The minimum atomic E-state index is -3.34. The summed E-state index contributed by atoms with van der Waals surface area (Å²) in [6, 6.07) is 6.66. The molecule has 5 nitrogen and oxygen atoms in total. The molecule has 1 aromatic rings. The zero-order valence-electron chi connectivity index (χ0n) is 13.0. The molecule has 1 aromatic carbocycles. The van der Waals surface area contributed by atoms with Crippen LogP contribution < -0.4 is 0 Å². The minimum absolute atomic E-state index is 0.0665. The fourth-order valence-corrected chi connectivity index (χ4v) is 3.71. The number of aromatic carboxylic acids is 1. The fraction of sp³-hybridized carbons (Fsp3) is 0.533. The summed E-state index contributed by atoms with van der Waals surface area (Å²) in [5.41, 5.74) is 0.549. The third-order valence-electron chi connectivity index (χ3n) is 3.03. The van der Waals surface area contributed by atoms with E-state index in [1.807, 2.05) is 20.8 Å². The molecular formula is C15H23NO4S. The summed E-state index contributed by atoms with van der Waals surface area (Å²) >= 11 is 0. The maximum absolute atomic E-state index is 12.2. The number of hydrogen-bond acceptors (Lipinski definition) is 3. The van der Waals surface area contributed by atoms with Crippen molar-refractivity contribution in [2.45, 2.75) is 27.2 Å². The molecule has 0 aliphatic carbocycles. The van der Waals surface area contributed by atoms with E-state index in [1.54, 1.807) is 18.2 Å². The first-order chi connectivity index (χ1) is 9.53.